The molecule has 2 N–H and O–H groups in total. The second-order valence-corrected chi connectivity index (χ2v) is 5.75. The number of para-hydroxylation sites is 1. The van der Waals surface area contributed by atoms with Crippen molar-refractivity contribution in [3.63, 3.8) is 0 Å². The lowest BCUT2D eigenvalue weighted by molar-refractivity contribution is 0.0927. The highest BCUT2D eigenvalue weighted by Gasteiger charge is 2.13. The molecule has 9 heteroatoms. The van der Waals surface area contributed by atoms with Gasteiger partial charge < -0.3 is 10.6 Å². The molecule has 0 spiro atoms. The minimum atomic E-state index is -0.435. The molecule has 1 heterocycles. The molecule has 8 nitrogen and oxygen atoms in total. The van der Waals surface area contributed by atoms with Crippen molar-refractivity contribution in [3.05, 3.63) is 71.3 Å². The zero-order valence-corrected chi connectivity index (χ0v) is 14.5. The topological polar surface area (TPSA) is 102 Å². The van der Waals surface area contributed by atoms with E-state index < -0.39 is 11.7 Å². The van der Waals surface area contributed by atoms with Crippen LogP contribution in [0, 0.1) is 12.7 Å². The maximum absolute atomic E-state index is 13.5. The van der Waals surface area contributed by atoms with Gasteiger partial charge in [-0.2, -0.15) is 4.68 Å². The number of carbonyl (C=O) groups excluding carboxylic acids is 2. The molecule has 0 aliphatic heterocycles. The molecule has 3 rings (SSSR count). The number of aryl methyl sites for hydroxylation is 1. The van der Waals surface area contributed by atoms with E-state index in [1.807, 2.05) is 0 Å². The van der Waals surface area contributed by atoms with E-state index in [2.05, 4.69) is 26.2 Å². The Morgan fingerprint density at radius 2 is 1.81 bits per heavy atom. The first kappa shape index (κ1) is 18.2. The van der Waals surface area contributed by atoms with E-state index in [1.54, 1.807) is 43.3 Å². The number of carbonyl (C=O) groups is 2. The van der Waals surface area contributed by atoms with E-state index in [0.29, 0.717) is 16.8 Å². The maximum Gasteiger partial charge on any atom is 0.253 e. The molecular formula is C18H17FN6O2. The van der Waals surface area contributed by atoms with E-state index in [0.717, 1.165) is 0 Å². The van der Waals surface area contributed by atoms with Gasteiger partial charge in [0, 0.05) is 18.7 Å². The average molecular weight is 368 g/mol. The van der Waals surface area contributed by atoms with Gasteiger partial charge in [-0.15, -0.1) is 5.10 Å². The third kappa shape index (κ3) is 4.32. The monoisotopic (exact) mass is 368 g/mol. The van der Waals surface area contributed by atoms with Crippen molar-refractivity contribution in [1.82, 2.24) is 30.8 Å². The number of aromatic nitrogens is 4. The minimum absolute atomic E-state index is 0.202. The van der Waals surface area contributed by atoms with Gasteiger partial charge in [-0.1, -0.05) is 18.2 Å². The summed E-state index contributed by atoms with van der Waals surface area (Å²) in [7, 11) is 0. The predicted molar refractivity (Wildman–Crippen MR) is 95.0 cm³/mol. The molecule has 0 atom stereocenters. The Hall–Kier alpha value is -3.62. The molecule has 0 saturated carbocycles. The second kappa shape index (κ2) is 8.17. The summed E-state index contributed by atoms with van der Waals surface area (Å²) in [6, 6.07) is 11.2. The van der Waals surface area contributed by atoms with E-state index in [9.17, 15) is 14.0 Å². The normalized spacial score (nSPS) is 10.4. The van der Waals surface area contributed by atoms with Crippen LogP contribution in [0.1, 0.15) is 26.3 Å². The number of halogens is 1. The highest BCUT2D eigenvalue weighted by molar-refractivity contribution is 5.98. The molecule has 2 amide bonds. The van der Waals surface area contributed by atoms with Crippen LogP contribution in [0.15, 0.2) is 48.8 Å². The van der Waals surface area contributed by atoms with Gasteiger partial charge in [0.2, 0.25) is 0 Å². The van der Waals surface area contributed by atoms with Crippen LogP contribution in [0.3, 0.4) is 0 Å². The molecule has 0 radical (unpaired) electrons. The Balaban J connectivity index is 1.55. The third-order valence-electron chi connectivity index (χ3n) is 3.87. The van der Waals surface area contributed by atoms with Crippen LogP contribution in [-0.4, -0.2) is 45.1 Å². The predicted octanol–water partition coefficient (Wildman–Crippen LogP) is 1.27. The average Bonchev–Trinajstić information content (AvgIpc) is 3.21. The fraction of sp³-hybridized carbons (Fsp3) is 0.167. The summed E-state index contributed by atoms with van der Waals surface area (Å²) < 4.78 is 14.9. The van der Waals surface area contributed by atoms with Crippen molar-refractivity contribution in [2.75, 3.05) is 13.1 Å². The van der Waals surface area contributed by atoms with Crippen LogP contribution in [0.25, 0.3) is 5.69 Å². The number of rotatable bonds is 6. The number of benzene rings is 2. The second-order valence-electron chi connectivity index (χ2n) is 5.75. The molecule has 27 heavy (non-hydrogen) atoms. The Labute approximate surface area is 154 Å². The quantitative estimate of drug-likeness (QED) is 0.638. The summed E-state index contributed by atoms with van der Waals surface area (Å²) in [5, 5.41) is 16.3. The van der Waals surface area contributed by atoms with Crippen LogP contribution < -0.4 is 10.6 Å². The van der Waals surface area contributed by atoms with Crippen LogP contribution in [0.5, 0.6) is 0 Å². The Morgan fingerprint density at radius 3 is 2.52 bits per heavy atom. The molecular weight excluding hydrogens is 351 g/mol. The molecule has 0 saturated heterocycles. The van der Waals surface area contributed by atoms with Gasteiger partial charge in [-0.25, -0.2) is 4.39 Å². The fourth-order valence-corrected chi connectivity index (χ4v) is 2.42. The first-order valence-electron chi connectivity index (χ1n) is 8.21. The minimum Gasteiger partial charge on any atom is -0.350 e. The number of hydrogen-bond acceptors (Lipinski definition) is 5. The van der Waals surface area contributed by atoms with Crippen LogP contribution in [0.2, 0.25) is 0 Å². The Morgan fingerprint density at radius 1 is 1.07 bits per heavy atom. The van der Waals surface area contributed by atoms with Crippen molar-refractivity contribution in [2.45, 2.75) is 6.92 Å². The maximum atomic E-state index is 13.5. The SMILES string of the molecule is Cc1ccc(C(=O)NCCNC(=O)c2ccccc2-n2cnnn2)cc1F. The number of amides is 2. The Bertz CT molecular complexity index is 958. The molecule has 0 unspecified atom stereocenters. The lowest BCUT2D eigenvalue weighted by Crippen LogP contribution is -2.35. The van der Waals surface area contributed by atoms with E-state index in [-0.39, 0.29) is 24.6 Å². The number of tetrazole rings is 1. The summed E-state index contributed by atoms with van der Waals surface area (Å²) in [5.74, 6) is -1.16. The molecule has 3 aromatic rings. The van der Waals surface area contributed by atoms with Gasteiger partial charge in [-0.05, 0) is 47.2 Å². The summed E-state index contributed by atoms with van der Waals surface area (Å²) >= 11 is 0. The first-order chi connectivity index (χ1) is 13.1. The smallest absolute Gasteiger partial charge is 0.253 e. The summed E-state index contributed by atoms with van der Waals surface area (Å²) in [6.07, 6.45) is 1.40. The summed E-state index contributed by atoms with van der Waals surface area (Å²) in [5.41, 5.74) is 1.64. The molecule has 0 aliphatic carbocycles. The summed E-state index contributed by atoms with van der Waals surface area (Å²) in [4.78, 5) is 24.4. The fourth-order valence-electron chi connectivity index (χ4n) is 2.42. The number of hydrogen-bond donors (Lipinski definition) is 2. The van der Waals surface area contributed by atoms with Gasteiger partial charge >= 0.3 is 0 Å². The largest absolute Gasteiger partial charge is 0.350 e. The highest BCUT2D eigenvalue weighted by Crippen LogP contribution is 2.12. The summed E-state index contributed by atoms with van der Waals surface area (Å²) in [6.45, 7) is 2.04. The molecule has 138 valence electrons. The van der Waals surface area contributed by atoms with Crippen LogP contribution >= 0.6 is 0 Å². The standard InChI is InChI=1S/C18H17FN6O2/c1-12-6-7-13(10-15(12)19)17(26)20-8-9-21-18(27)14-4-2-3-5-16(14)25-11-22-23-24-25/h2-7,10-11H,8-9H2,1H3,(H,20,26)(H,21,27). The zero-order chi connectivity index (χ0) is 19.2. The van der Waals surface area contributed by atoms with E-state index in [1.165, 1.54) is 17.1 Å². The van der Waals surface area contributed by atoms with Gasteiger partial charge in [0.05, 0.1) is 11.3 Å². The van der Waals surface area contributed by atoms with Crippen molar-refractivity contribution < 1.29 is 14.0 Å². The van der Waals surface area contributed by atoms with Crippen molar-refractivity contribution in [3.8, 4) is 5.69 Å². The first-order valence-corrected chi connectivity index (χ1v) is 8.21. The number of nitrogens with zero attached hydrogens (tertiary/aromatic N) is 4. The van der Waals surface area contributed by atoms with E-state index in [4.69, 9.17) is 0 Å². The third-order valence-corrected chi connectivity index (χ3v) is 3.87. The molecule has 2 aromatic carbocycles. The van der Waals surface area contributed by atoms with Crippen LogP contribution in [-0.2, 0) is 0 Å². The molecule has 0 bridgehead atoms. The molecule has 0 aliphatic rings. The zero-order valence-electron chi connectivity index (χ0n) is 14.5. The van der Waals surface area contributed by atoms with Crippen molar-refractivity contribution in [2.24, 2.45) is 0 Å². The Kier molecular flexibility index (Phi) is 5.50. The van der Waals surface area contributed by atoms with Gasteiger partial charge in [0.1, 0.15) is 12.1 Å². The van der Waals surface area contributed by atoms with Crippen molar-refractivity contribution in [1.29, 1.82) is 0 Å². The van der Waals surface area contributed by atoms with Gasteiger partial charge in [0.25, 0.3) is 11.8 Å². The molecule has 0 fully saturated rings. The van der Waals surface area contributed by atoms with Gasteiger partial charge in [0.15, 0.2) is 0 Å². The highest BCUT2D eigenvalue weighted by atomic mass is 19.1. The number of nitrogens with one attached hydrogen (secondary N) is 2. The van der Waals surface area contributed by atoms with E-state index >= 15 is 0 Å². The molecule has 1 aromatic heterocycles. The van der Waals surface area contributed by atoms with Crippen molar-refractivity contribution >= 4 is 11.8 Å². The lowest BCUT2D eigenvalue weighted by Gasteiger charge is -2.10. The van der Waals surface area contributed by atoms with Gasteiger partial charge in [-0.3, -0.25) is 9.59 Å². The van der Waals surface area contributed by atoms with Crippen LogP contribution in [0.4, 0.5) is 4.39 Å². The lowest BCUT2D eigenvalue weighted by atomic mass is 10.1.